The second-order valence-electron chi connectivity index (χ2n) is 6.30. The standard InChI is InChI=1S/C18H24Cl2N2O2/c1-3-4-9-21(2)17(23)13-7-10-22(11-8-13)18(24)15-12-14(19)5-6-16(15)20/h5-6,12-13H,3-4,7-11H2,1-2H3. The maximum absolute atomic E-state index is 12.6. The molecule has 0 aromatic heterocycles. The van der Waals surface area contributed by atoms with Gasteiger partial charge in [-0.15, -0.1) is 0 Å². The number of hydrogen-bond donors (Lipinski definition) is 0. The van der Waals surface area contributed by atoms with E-state index < -0.39 is 0 Å². The van der Waals surface area contributed by atoms with Gasteiger partial charge >= 0.3 is 0 Å². The first-order valence-corrected chi connectivity index (χ1v) is 9.19. The summed E-state index contributed by atoms with van der Waals surface area (Å²) in [6, 6.07) is 4.90. The Morgan fingerprint density at radius 2 is 1.92 bits per heavy atom. The van der Waals surface area contributed by atoms with E-state index in [9.17, 15) is 9.59 Å². The molecule has 0 atom stereocenters. The molecule has 0 saturated carbocycles. The van der Waals surface area contributed by atoms with Gasteiger partial charge in [0, 0.05) is 37.6 Å². The average molecular weight is 371 g/mol. The van der Waals surface area contributed by atoms with E-state index in [0.29, 0.717) is 41.5 Å². The lowest BCUT2D eigenvalue weighted by Gasteiger charge is -2.33. The number of hydrogen-bond acceptors (Lipinski definition) is 2. The normalized spacial score (nSPS) is 15.4. The van der Waals surface area contributed by atoms with E-state index >= 15 is 0 Å². The van der Waals surface area contributed by atoms with Crippen molar-refractivity contribution in [2.75, 3.05) is 26.7 Å². The number of carbonyl (C=O) groups excluding carboxylic acids is 2. The van der Waals surface area contributed by atoms with Crippen LogP contribution in [0.15, 0.2) is 18.2 Å². The smallest absolute Gasteiger partial charge is 0.255 e. The van der Waals surface area contributed by atoms with E-state index in [1.165, 1.54) is 0 Å². The van der Waals surface area contributed by atoms with E-state index in [2.05, 4.69) is 6.92 Å². The van der Waals surface area contributed by atoms with Crippen molar-refractivity contribution in [3.05, 3.63) is 33.8 Å². The minimum atomic E-state index is -0.118. The quantitative estimate of drug-likeness (QED) is 0.782. The fourth-order valence-corrected chi connectivity index (χ4v) is 3.35. The molecule has 2 amide bonds. The summed E-state index contributed by atoms with van der Waals surface area (Å²) < 4.78 is 0. The van der Waals surface area contributed by atoms with Gasteiger partial charge in [0.15, 0.2) is 0 Å². The van der Waals surface area contributed by atoms with Crippen LogP contribution < -0.4 is 0 Å². The number of nitrogens with zero attached hydrogens (tertiary/aromatic N) is 2. The van der Waals surface area contributed by atoms with Crippen LogP contribution in [0, 0.1) is 5.92 Å². The van der Waals surface area contributed by atoms with Crippen LogP contribution in [0.1, 0.15) is 43.0 Å². The van der Waals surface area contributed by atoms with E-state index in [0.717, 1.165) is 19.4 Å². The van der Waals surface area contributed by atoms with Crippen molar-refractivity contribution in [3.8, 4) is 0 Å². The van der Waals surface area contributed by atoms with Gasteiger partial charge in [0.2, 0.25) is 5.91 Å². The van der Waals surface area contributed by atoms with Gasteiger partial charge < -0.3 is 9.80 Å². The van der Waals surface area contributed by atoms with Crippen LogP contribution in [0.5, 0.6) is 0 Å². The average Bonchev–Trinajstić information content (AvgIpc) is 2.60. The molecule has 1 saturated heterocycles. The molecule has 6 heteroatoms. The van der Waals surface area contributed by atoms with Gasteiger partial charge in [0.05, 0.1) is 10.6 Å². The summed E-state index contributed by atoms with van der Waals surface area (Å²) in [5, 5.41) is 0.896. The second kappa shape index (κ2) is 8.72. The summed E-state index contributed by atoms with van der Waals surface area (Å²) in [6.45, 7) is 4.05. The van der Waals surface area contributed by atoms with Crippen molar-refractivity contribution in [1.82, 2.24) is 9.80 Å². The number of likely N-dealkylation sites (tertiary alicyclic amines) is 1. The van der Waals surface area contributed by atoms with Crippen molar-refractivity contribution in [2.45, 2.75) is 32.6 Å². The second-order valence-corrected chi connectivity index (χ2v) is 7.15. The van der Waals surface area contributed by atoms with Gasteiger partial charge in [-0.2, -0.15) is 0 Å². The SMILES string of the molecule is CCCCN(C)C(=O)C1CCN(C(=O)c2cc(Cl)ccc2Cl)CC1. The third-order valence-electron chi connectivity index (χ3n) is 4.51. The van der Waals surface area contributed by atoms with Gasteiger partial charge in [0.1, 0.15) is 0 Å². The summed E-state index contributed by atoms with van der Waals surface area (Å²) in [5.74, 6) is 0.0785. The van der Waals surface area contributed by atoms with Crippen molar-refractivity contribution < 1.29 is 9.59 Å². The number of benzene rings is 1. The highest BCUT2D eigenvalue weighted by Gasteiger charge is 2.30. The zero-order chi connectivity index (χ0) is 17.7. The highest BCUT2D eigenvalue weighted by atomic mass is 35.5. The van der Waals surface area contributed by atoms with Crippen LogP contribution in [-0.2, 0) is 4.79 Å². The van der Waals surface area contributed by atoms with E-state index in [4.69, 9.17) is 23.2 Å². The number of rotatable bonds is 5. The van der Waals surface area contributed by atoms with Gasteiger partial charge in [0.25, 0.3) is 5.91 Å². The minimum absolute atomic E-state index is 0.00531. The molecule has 24 heavy (non-hydrogen) atoms. The molecular formula is C18H24Cl2N2O2. The van der Waals surface area contributed by atoms with Crippen molar-refractivity contribution in [3.63, 3.8) is 0 Å². The highest BCUT2D eigenvalue weighted by molar-refractivity contribution is 6.35. The maximum atomic E-state index is 12.6. The number of halogens is 2. The zero-order valence-corrected chi connectivity index (χ0v) is 15.7. The van der Waals surface area contributed by atoms with Crippen LogP contribution in [0.3, 0.4) is 0 Å². The molecule has 0 N–H and O–H groups in total. The van der Waals surface area contributed by atoms with Gasteiger partial charge in [-0.1, -0.05) is 36.5 Å². The van der Waals surface area contributed by atoms with Gasteiger partial charge in [-0.25, -0.2) is 0 Å². The first-order chi connectivity index (χ1) is 11.4. The van der Waals surface area contributed by atoms with Crippen LogP contribution in [-0.4, -0.2) is 48.3 Å². The summed E-state index contributed by atoms with van der Waals surface area (Å²) >= 11 is 12.1. The number of carbonyl (C=O) groups is 2. The molecule has 1 aromatic rings. The van der Waals surface area contributed by atoms with Crippen LogP contribution >= 0.6 is 23.2 Å². The number of unbranched alkanes of at least 4 members (excludes halogenated alkanes) is 1. The molecule has 1 aliphatic heterocycles. The molecule has 0 spiro atoms. The van der Waals surface area contributed by atoms with Gasteiger partial charge in [-0.3, -0.25) is 9.59 Å². The molecule has 0 aliphatic carbocycles. The fourth-order valence-electron chi connectivity index (χ4n) is 2.98. The largest absolute Gasteiger partial charge is 0.346 e. The molecule has 1 fully saturated rings. The lowest BCUT2D eigenvalue weighted by atomic mass is 9.94. The lowest BCUT2D eigenvalue weighted by molar-refractivity contribution is -0.135. The summed E-state index contributed by atoms with van der Waals surface area (Å²) in [5.41, 5.74) is 0.425. The van der Waals surface area contributed by atoms with Crippen molar-refractivity contribution >= 4 is 35.0 Å². The zero-order valence-electron chi connectivity index (χ0n) is 14.2. The maximum Gasteiger partial charge on any atom is 0.255 e. The first kappa shape index (κ1) is 19.1. The summed E-state index contributed by atoms with van der Waals surface area (Å²) in [7, 11) is 1.86. The molecule has 2 rings (SSSR count). The Kier molecular flexibility index (Phi) is 6.93. The Labute approximate surface area is 153 Å². The van der Waals surface area contributed by atoms with Crippen LogP contribution in [0.4, 0.5) is 0 Å². The molecule has 1 aromatic carbocycles. The molecule has 0 bridgehead atoms. The monoisotopic (exact) mass is 370 g/mol. The molecule has 1 heterocycles. The van der Waals surface area contributed by atoms with Crippen LogP contribution in [0.2, 0.25) is 10.0 Å². The Morgan fingerprint density at radius 1 is 1.25 bits per heavy atom. The Balaban J connectivity index is 1.93. The fraction of sp³-hybridized carbons (Fsp3) is 0.556. The van der Waals surface area contributed by atoms with E-state index in [-0.39, 0.29) is 17.7 Å². The van der Waals surface area contributed by atoms with Crippen LogP contribution in [0.25, 0.3) is 0 Å². The Hall–Kier alpha value is -1.26. The first-order valence-electron chi connectivity index (χ1n) is 8.43. The van der Waals surface area contributed by atoms with E-state index in [1.807, 2.05) is 11.9 Å². The topological polar surface area (TPSA) is 40.6 Å². The summed E-state index contributed by atoms with van der Waals surface area (Å²) in [6.07, 6.45) is 3.48. The molecule has 1 aliphatic rings. The predicted octanol–water partition coefficient (Wildman–Crippen LogP) is 4.10. The lowest BCUT2D eigenvalue weighted by Crippen LogP contribution is -2.43. The van der Waals surface area contributed by atoms with Crippen molar-refractivity contribution in [1.29, 1.82) is 0 Å². The molecule has 4 nitrogen and oxygen atoms in total. The predicted molar refractivity (Wildman–Crippen MR) is 97.6 cm³/mol. The molecule has 0 radical (unpaired) electrons. The number of amides is 2. The number of piperidine rings is 1. The van der Waals surface area contributed by atoms with Crippen molar-refractivity contribution in [2.24, 2.45) is 5.92 Å². The molecule has 0 unspecified atom stereocenters. The highest BCUT2D eigenvalue weighted by Crippen LogP contribution is 2.25. The third-order valence-corrected chi connectivity index (χ3v) is 5.08. The molecule has 132 valence electrons. The Morgan fingerprint density at radius 3 is 2.54 bits per heavy atom. The Bertz CT molecular complexity index is 599. The van der Waals surface area contributed by atoms with Gasteiger partial charge in [-0.05, 0) is 37.5 Å². The van der Waals surface area contributed by atoms with E-state index in [1.54, 1.807) is 23.1 Å². The summed E-state index contributed by atoms with van der Waals surface area (Å²) in [4.78, 5) is 28.6. The third kappa shape index (κ3) is 4.64. The molecular weight excluding hydrogens is 347 g/mol. The minimum Gasteiger partial charge on any atom is -0.346 e.